The van der Waals surface area contributed by atoms with Gasteiger partial charge < -0.3 is 53.4 Å². The fraction of sp³-hybridized carbons (Fsp3) is 0.620. The van der Waals surface area contributed by atoms with Crippen molar-refractivity contribution in [3.8, 4) is 0 Å². The summed E-state index contributed by atoms with van der Waals surface area (Å²) in [5.74, 6) is -4.57. The Balaban J connectivity index is 1.44. The molecule has 5 aliphatic rings. The molecule has 0 spiro atoms. The molecule has 3 aliphatic carbocycles. The predicted octanol–water partition coefficient (Wildman–Crippen LogP) is 6.06. The molecule has 7 rings (SSSR count). The number of rotatable bonds is 11. The topological polar surface area (TPSA) is 212 Å². The van der Waals surface area contributed by atoms with E-state index >= 15 is 0 Å². The zero-order valence-electron chi connectivity index (χ0n) is 39.7. The molecule has 13 atom stereocenters. The van der Waals surface area contributed by atoms with Crippen LogP contribution in [0.3, 0.4) is 0 Å². The molecule has 360 valence electrons. The van der Waals surface area contributed by atoms with E-state index in [1.165, 1.54) is 13.8 Å². The van der Waals surface area contributed by atoms with Crippen molar-refractivity contribution in [3.63, 3.8) is 0 Å². The molecule has 2 heterocycles. The Bertz CT molecular complexity index is 2200. The van der Waals surface area contributed by atoms with Gasteiger partial charge in [0.1, 0.15) is 35.6 Å². The van der Waals surface area contributed by atoms with E-state index in [0.29, 0.717) is 16.7 Å². The summed E-state index contributed by atoms with van der Waals surface area (Å²) in [6.45, 7) is 18.1. The summed E-state index contributed by atoms with van der Waals surface area (Å²) in [4.78, 5) is 68.8. The summed E-state index contributed by atoms with van der Waals surface area (Å²) in [5, 5.41) is 28.3. The fourth-order valence-corrected chi connectivity index (χ4v) is 11.3. The Morgan fingerprint density at radius 3 is 2.08 bits per heavy atom. The first-order chi connectivity index (χ1) is 30.8. The Kier molecular flexibility index (Phi) is 13.4. The summed E-state index contributed by atoms with van der Waals surface area (Å²) < 4.78 is 51.4. The third-order valence-electron chi connectivity index (χ3n) is 14.3. The van der Waals surface area contributed by atoms with Gasteiger partial charge in [0, 0.05) is 43.1 Å². The second-order valence-electron chi connectivity index (χ2n) is 20.7. The van der Waals surface area contributed by atoms with E-state index in [-0.39, 0.29) is 30.9 Å². The summed E-state index contributed by atoms with van der Waals surface area (Å²) in [7, 11) is 0. The van der Waals surface area contributed by atoms with E-state index in [9.17, 15) is 34.2 Å². The van der Waals surface area contributed by atoms with E-state index < -0.39 is 125 Å². The molecule has 66 heavy (non-hydrogen) atoms. The molecule has 16 nitrogen and oxygen atoms in total. The molecule has 0 aromatic heterocycles. The van der Waals surface area contributed by atoms with Crippen LogP contribution >= 0.6 is 0 Å². The van der Waals surface area contributed by atoms with Gasteiger partial charge in [-0.25, -0.2) is 14.4 Å². The monoisotopic (exact) mass is 919 g/mol. The summed E-state index contributed by atoms with van der Waals surface area (Å²) in [6, 6.07) is 16.3. The quantitative estimate of drug-likeness (QED) is 0.133. The fourth-order valence-electron chi connectivity index (χ4n) is 11.3. The number of esters is 4. The van der Waals surface area contributed by atoms with Crippen LogP contribution in [0.4, 0.5) is 4.79 Å². The lowest BCUT2D eigenvalue weighted by molar-refractivity contribution is -0.413. The molecule has 16 heteroatoms. The van der Waals surface area contributed by atoms with Crippen LogP contribution < -0.4 is 5.32 Å². The molecule has 3 N–H and O–H groups in total. The van der Waals surface area contributed by atoms with Gasteiger partial charge in [-0.3, -0.25) is 9.59 Å². The van der Waals surface area contributed by atoms with Gasteiger partial charge in [0.05, 0.1) is 30.2 Å². The number of amides is 1. The highest BCUT2D eigenvalue weighted by Crippen LogP contribution is 2.68. The second kappa shape index (κ2) is 18.0. The number of aliphatic hydroxyl groups excluding tert-OH is 1. The van der Waals surface area contributed by atoms with E-state index in [4.69, 9.17) is 37.9 Å². The minimum absolute atomic E-state index is 0.0970. The lowest BCUT2D eigenvalue weighted by Crippen LogP contribution is -2.83. The second-order valence-corrected chi connectivity index (χ2v) is 20.7. The highest BCUT2D eigenvalue weighted by atomic mass is 16.7. The van der Waals surface area contributed by atoms with E-state index in [0.717, 1.165) is 0 Å². The highest BCUT2D eigenvalue weighted by molar-refractivity contribution is 5.89. The lowest BCUT2D eigenvalue weighted by Gasteiger charge is -2.71. The first-order valence-electron chi connectivity index (χ1n) is 22.8. The van der Waals surface area contributed by atoms with E-state index in [1.54, 1.807) is 71.9 Å². The van der Waals surface area contributed by atoms with Crippen molar-refractivity contribution in [1.29, 1.82) is 0 Å². The van der Waals surface area contributed by atoms with Gasteiger partial charge in [0.2, 0.25) is 0 Å². The van der Waals surface area contributed by atoms with E-state index in [2.05, 4.69) is 5.32 Å². The molecule has 1 amide bonds. The van der Waals surface area contributed by atoms with Gasteiger partial charge in [-0.1, -0.05) is 83.1 Å². The molecule has 2 aliphatic heterocycles. The van der Waals surface area contributed by atoms with Gasteiger partial charge in [-0.15, -0.1) is 0 Å². The SMILES string of the molecule is CC(=O)OC1C2=C(C)C(OC(=O)C(O)C(CC(C)C)NC(=O)OC(C)(C)C)CC(O)(C(OC(=O)c3ccccc3)C3C4(OC(C)=O)COC4CC4OC(c5ccccc5)OC1C43C)C2(C)C. The number of nitrogens with one attached hydrogen (secondary N) is 1. The van der Waals surface area contributed by atoms with Crippen LogP contribution in [-0.4, -0.2) is 112 Å². The third-order valence-corrected chi connectivity index (χ3v) is 14.3. The largest absolute Gasteiger partial charge is 0.456 e. The maximum absolute atomic E-state index is 14.6. The van der Waals surface area contributed by atoms with Crippen LogP contribution in [0.1, 0.15) is 118 Å². The molecule has 13 unspecified atom stereocenters. The van der Waals surface area contributed by atoms with Gasteiger partial charge >= 0.3 is 30.0 Å². The van der Waals surface area contributed by atoms with Crippen LogP contribution in [0, 0.1) is 22.7 Å². The molecular weight excluding hydrogens is 855 g/mol. The third kappa shape index (κ3) is 8.75. The van der Waals surface area contributed by atoms with Crippen molar-refractivity contribution in [2.24, 2.45) is 22.7 Å². The zero-order valence-corrected chi connectivity index (χ0v) is 39.7. The van der Waals surface area contributed by atoms with Crippen LogP contribution in [0.2, 0.25) is 0 Å². The summed E-state index contributed by atoms with van der Waals surface area (Å²) >= 11 is 0. The molecule has 4 fully saturated rings. The average molecular weight is 920 g/mol. The van der Waals surface area contributed by atoms with Crippen molar-refractivity contribution < 1.29 is 72.1 Å². The molecule has 2 aromatic carbocycles. The van der Waals surface area contributed by atoms with E-state index in [1.807, 2.05) is 51.1 Å². The maximum atomic E-state index is 14.6. The van der Waals surface area contributed by atoms with Gasteiger partial charge in [0.15, 0.2) is 24.1 Å². The van der Waals surface area contributed by atoms with Gasteiger partial charge in [-0.2, -0.15) is 0 Å². The Labute approximate surface area is 385 Å². The summed E-state index contributed by atoms with van der Waals surface area (Å²) in [6.07, 6.45) is -10.9. The molecule has 2 saturated carbocycles. The van der Waals surface area contributed by atoms with Crippen molar-refractivity contribution >= 4 is 30.0 Å². The van der Waals surface area contributed by atoms with Crippen LogP contribution in [0.15, 0.2) is 71.8 Å². The Morgan fingerprint density at radius 1 is 0.879 bits per heavy atom. The Hall–Kier alpha value is -4.87. The predicted molar refractivity (Wildman–Crippen MR) is 235 cm³/mol. The molecule has 2 bridgehead atoms. The zero-order chi connectivity index (χ0) is 48.3. The first-order valence-corrected chi connectivity index (χ1v) is 22.8. The number of carbonyl (C=O) groups is 5. The Morgan fingerprint density at radius 2 is 1.52 bits per heavy atom. The molecule has 0 radical (unpaired) electrons. The number of hydrogen-bond acceptors (Lipinski definition) is 15. The smallest absolute Gasteiger partial charge is 0.407 e. The number of alkyl carbamates (subject to hydrolysis) is 1. The molecule has 2 aromatic rings. The van der Waals surface area contributed by atoms with Crippen molar-refractivity contribution in [1.82, 2.24) is 5.32 Å². The molecule has 2 saturated heterocycles. The number of hydrogen-bond donors (Lipinski definition) is 3. The van der Waals surface area contributed by atoms with Crippen molar-refractivity contribution in [3.05, 3.63) is 82.9 Å². The standard InChI is InChI=1S/C50H65NO15/c1-26(2)22-32(51-45(57)66-46(6,7)8)37(54)43(56)61-33-24-50(58)41(63-42(55)30-18-14-12-15-19-30)39-48(11)34(23-35-49(39,25-59-35)65-29(5)53)62-44(31-20-16-13-17-21-31)64-40(48)38(60-28(4)52)36(27(33)3)47(50,9)10/h12-21,26,32-35,37-41,44,54,58H,22-25H2,1-11H3,(H,51,57). The highest BCUT2D eigenvalue weighted by Gasteiger charge is 2.80. The summed E-state index contributed by atoms with van der Waals surface area (Å²) in [5.41, 5.74) is -6.05. The molecular formula is C50H65NO15. The minimum atomic E-state index is -2.24. The first kappa shape index (κ1) is 49.0. The van der Waals surface area contributed by atoms with Gasteiger partial charge in [0.25, 0.3) is 0 Å². The maximum Gasteiger partial charge on any atom is 0.407 e. The van der Waals surface area contributed by atoms with Crippen molar-refractivity contribution in [2.75, 3.05) is 6.61 Å². The van der Waals surface area contributed by atoms with Crippen LogP contribution in [-0.2, 0) is 52.3 Å². The van der Waals surface area contributed by atoms with Gasteiger partial charge in [-0.05, 0) is 63.3 Å². The van der Waals surface area contributed by atoms with Crippen LogP contribution in [0.5, 0.6) is 0 Å². The number of benzene rings is 2. The van der Waals surface area contributed by atoms with Crippen molar-refractivity contribution in [2.45, 2.75) is 167 Å². The average Bonchev–Trinajstić information content (AvgIpc) is 3.22. The number of fused-ring (bicyclic) bond motifs is 4. The number of aliphatic hydroxyl groups is 2. The number of ether oxygens (including phenoxy) is 8. The minimum Gasteiger partial charge on any atom is -0.456 e. The number of carbonyl (C=O) groups excluding carboxylic acids is 5. The normalized spacial score (nSPS) is 34.1. The lowest BCUT2D eigenvalue weighted by atomic mass is 9.44. The van der Waals surface area contributed by atoms with Crippen LogP contribution in [0.25, 0.3) is 0 Å².